The molecule has 0 aromatic heterocycles. The molecule has 1 saturated carbocycles. The van der Waals surface area contributed by atoms with Crippen molar-refractivity contribution in [3.63, 3.8) is 0 Å². The van der Waals surface area contributed by atoms with E-state index in [1.54, 1.807) is 0 Å². The van der Waals surface area contributed by atoms with E-state index in [0.29, 0.717) is 24.0 Å². The lowest BCUT2D eigenvalue weighted by Gasteiger charge is -2.37. The summed E-state index contributed by atoms with van der Waals surface area (Å²) in [6, 6.07) is 0. The predicted octanol–water partition coefficient (Wildman–Crippen LogP) is 5.02. The third-order valence-electron chi connectivity index (χ3n) is 4.39. The van der Waals surface area contributed by atoms with Crippen molar-refractivity contribution in [3.8, 4) is 0 Å². The topological polar surface area (TPSA) is 29.5 Å². The third kappa shape index (κ3) is 3.74. The standard InChI is InChI=1S/C16H25FO2/c1-16(2,3)11-4-6-12(7-5-11)19-13-8-9-15(18)14(17)10-13/h10-12,18H,4-9H2,1-3H3. The van der Waals surface area contributed by atoms with Crippen molar-refractivity contribution in [2.24, 2.45) is 11.3 Å². The Hall–Kier alpha value is -0.990. The lowest BCUT2D eigenvalue weighted by molar-refractivity contribution is 0.0388. The summed E-state index contributed by atoms with van der Waals surface area (Å²) in [5, 5.41) is 9.23. The molecule has 0 saturated heterocycles. The molecule has 0 spiro atoms. The molecule has 2 rings (SSSR count). The summed E-state index contributed by atoms with van der Waals surface area (Å²) in [4.78, 5) is 0. The van der Waals surface area contributed by atoms with Crippen LogP contribution in [0.5, 0.6) is 0 Å². The Kier molecular flexibility index (Phi) is 4.22. The first-order valence-corrected chi connectivity index (χ1v) is 7.31. The van der Waals surface area contributed by atoms with Gasteiger partial charge in [0.05, 0.1) is 11.9 Å². The molecule has 0 heterocycles. The van der Waals surface area contributed by atoms with E-state index in [-0.39, 0.29) is 11.9 Å². The maximum Gasteiger partial charge on any atom is 0.163 e. The number of allylic oxidation sites excluding steroid dienone is 4. The van der Waals surface area contributed by atoms with Gasteiger partial charge in [-0.05, 0) is 37.0 Å². The van der Waals surface area contributed by atoms with Gasteiger partial charge >= 0.3 is 0 Å². The molecular formula is C16H25FO2. The second-order valence-electron chi connectivity index (χ2n) is 6.86. The fourth-order valence-electron chi connectivity index (χ4n) is 3.01. The molecular weight excluding hydrogens is 243 g/mol. The van der Waals surface area contributed by atoms with Crippen LogP contribution in [-0.2, 0) is 4.74 Å². The van der Waals surface area contributed by atoms with Gasteiger partial charge in [0.1, 0.15) is 5.76 Å². The van der Waals surface area contributed by atoms with E-state index in [0.717, 1.165) is 18.8 Å². The summed E-state index contributed by atoms with van der Waals surface area (Å²) in [7, 11) is 0. The summed E-state index contributed by atoms with van der Waals surface area (Å²) >= 11 is 0. The summed E-state index contributed by atoms with van der Waals surface area (Å²) < 4.78 is 19.2. The van der Waals surface area contributed by atoms with Crippen LogP contribution in [0.4, 0.5) is 4.39 Å². The molecule has 0 atom stereocenters. The first-order chi connectivity index (χ1) is 8.86. The van der Waals surface area contributed by atoms with Gasteiger partial charge in [0, 0.05) is 18.9 Å². The maximum absolute atomic E-state index is 13.3. The first kappa shape index (κ1) is 14.4. The van der Waals surface area contributed by atoms with E-state index in [4.69, 9.17) is 4.74 Å². The Morgan fingerprint density at radius 2 is 1.79 bits per heavy atom. The van der Waals surface area contributed by atoms with Gasteiger partial charge in [-0.15, -0.1) is 0 Å². The van der Waals surface area contributed by atoms with Crippen LogP contribution in [0, 0.1) is 11.3 Å². The number of hydrogen-bond acceptors (Lipinski definition) is 2. The fraction of sp³-hybridized carbons (Fsp3) is 0.750. The van der Waals surface area contributed by atoms with Crippen molar-refractivity contribution < 1.29 is 14.2 Å². The molecule has 3 heteroatoms. The highest BCUT2D eigenvalue weighted by Crippen LogP contribution is 2.39. The van der Waals surface area contributed by atoms with Gasteiger partial charge in [-0.3, -0.25) is 0 Å². The van der Waals surface area contributed by atoms with Crippen molar-refractivity contribution in [3.05, 3.63) is 23.4 Å². The van der Waals surface area contributed by atoms with Crippen LogP contribution in [-0.4, -0.2) is 11.2 Å². The molecule has 2 aliphatic rings. The summed E-state index contributed by atoms with van der Waals surface area (Å²) in [5.74, 6) is 0.760. The van der Waals surface area contributed by atoms with Gasteiger partial charge in [-0.2, -0.15) is 0 Å². The van der Waals surface area contributed by atoms with Crippen LogP contribution in [0.3, 0.4) is 0 Å². The zero-order chi connectivity index (χ0) is 14.0. The smallest absolute Gasteiger partial charge is 0.163 e. The van der Waals surface area contributed by atoms with Crippen molar-refractivity contribution in [1.29, 1.82) is 0 Å². The average molecular weight is 268 g/mol. The van der Waals surface area contributed by atoms with E-state index in [2.05, 4.69) is 20.8 Å². The van der Waals surface area contributed by atoms with Crippen LogP contribution < -0.4 is 0 Å². The van der Waals surface area contributed by atoms with Crippen molar-refractivity contribution in [2.75, 3.05) is 0 Å². The molecule has 0 aliphatic heterocycles. The van der Waals surface area contributed by atoms with Crippen LogP contribution in [0.1, 0.15) is 59.3 Å². The summed E-state index contributed by atoms with van der Waals surface area (Å²) in [5.41, 5.74) is 0.371. The van der Waals surface area contributed by atoms with Crippen molar-refractivity contribution in [1.82, 2.24) is 0 Å². The van der Waals surface area contributed by atoms with Crippen LogP contribution in [0.25, 0.3) is 0 Å². The van der Waals surface area contributed by atoms with Gasteiger partial charge in [-0.1, -0.05) is 20.8 Å². The second-order valence-corrected chi connectivity index (χ2v) is 6.86. The highest BCUT2D eigenvalue weighted by molar-refractivity contribution is 5.22. The Morgan fingerprint density at radius 1 is 1.16 bits per heavy atom. The van der Waals surface area contributed by atoms with Crippen LogP contribution >= 0.6 is 0 Å². The molecule has 108 valence electrons. The van der Waals surface area contributed by atoms with Gasteiger partial charge in [0.2, 0.25) is 0 Å². The largest absolute Gasteiger partial charge is 0.509 e. The van der Waals surface area contributed by atoms with Crippen molar-refractivity contribution >= 4 is 0 Å². The Morgan fingerprint density at radius 3 is 2.32 bits per heavy atom. The molecule has 0 amide bonds. The molecule has 1 N–H and O–H groups in total. The summed E-state index contributed by atoms with van der Waals surface area (Å²) in [6.07, 6.45) is 7.00. The molecule has 0 aromatic rings. The van der Waals surface area contributed by atoms with Crippen LogP contribution in [0.15, 0.2) is 23.4 Å². The second kappa shape index (κ2) is 5.56. The molecule has 19 heavy (non-hydrogen) atoms. The van der Waals surface area contributed by atoms with E-state index >= 15 is 0 Å². The fourth-order valence-corrected chi connectivity index (χ4v) is 3.01. The Balaban J connectivity index is 1.85. The highest BCUT2D eigenvalue weighted by Gasteiger charge is 2.30. The molecule has 0 unspecified atom stereocenters. The average Bonchev–Trinajstić information content (AvgIpc) is 2.33. The van der Waals surface area contributed by atoms with Gasteiger partial charge in [-0.25, -0.2) is 4.39 Å². The lowest BCUT2D eigenvalue weighted by Crippen LogP contribution is -2.29. The number of aliphatic hydroxyl groups excluding tert-OH is 1. The molecule has 0 aromatic carbocycles. The van der Waals surface area contributed by atoms with Gasteiger partial charge in [0.15, 0.2) is 5.83 Å². The monoisotopic (exact) mass is 268 g/mol. The minimum absolute atomic E-state index is 0.149. The molecule has 2 nitrogen and oxygen atoms in total. The zero-order valence-electron chi connectivity index (χ0n) is 12.2. The van der Waals surface area contributed by atoms with E-state index in [1.807, 2.05) is 0 Å². The summed E-state index contributed by atoms with van der Waals surface area (Å²) in [6.45, 7) is 6.89. The van der Waals surface area contributed by atoms with E-state index in [1.165, 1.54) is 18.9 Å². The van der Waals surface area contributed by atoms with Gasteiger partial charge in [0.25, 0.3) is 0 Å². The maximum atomic E-state index is 13.3. The predicted molar refractivity (Wildman–Crippen MR) is 74.4 cm³/mol. The zero-order valence-corrected chi connectivity index (χ0v) is 12.2. The normalized spacial score (nSPS) is 29.2. The van der Waals surface area contributed by atoms with Gasteiger partial charge < -0.3 is 9.84 Å². The highest BCUT2D eigenvalue weighted by atomic mass is 19.1. The minimum Gasteiger partial charge on any atom is -0.509 e. The number of rotatable bonds is 2. The molecule has 0 radical (unpaired) electrons. The Labute approximate surface area is 115 Å². The number of halogens is 1. The first-order valence-electron chi connectivity index (χ1n) is 7.31. The van der Waals surface area contributed by atoms with E-state index in [9.17, 15) is 9.50 Å². The molecule has 1 fully saturated rings. The Bertz CT molecular complexity index is 382. The lowest BCUT2D eigenvalue weighted by atomic mass is 9.72. The number of hydrogen-bond donors (Lipinski definition) is 1. The van der Waals surface area contributed by atoms with Crippen molar-refractivity contribution in [2.45, 2.75) is 65.4 Å². The quantitative estimate of drug-likeness (QED) is 0.761. The van der Waals surface area contributed by atoms with E-state index < -0.39 is 5.83 Å². The minimum atomic E-state index is -0.537. The molecule has 0 bridgehead atoms. The SMILES string of the molecule is CC(C)(C)C1CCC(OC2=CC(F)=C(O)CC2)CC1. The third-order valence-corrected chi connectivity index (χ3v) is 4.39. The van der Waals surface area contributed by atoms with Crippen LogP contribution in [0.2, 0.25) is 0 Å². The molecule has 2 aliphatic carbocycles. The number of aliphatic hydroxyl groups is 1. The number of ether oxygens (including phenoxy) is 1.